The largest absolute Gasteiger partial charge is 0.490 e. The summed E-state index contributed by atoms with van der Waals surface area (Å²) in [5.74, 6) is 1.21. The van der Waals surface area contributed by atoms with Gasteiger partial charge in [0.05, 0.1) is 19.0 Å². The number of thioether (sulfide) groups is 1. The molecule has 2 rings (SSSR count). The van der Waals surface area contributed by atoms with Crippen molar-refractivity contribution in [2.24, 2.45) is 0 Å². The second kappa shape index (κ2) is 10.7. The third kappa shape index (κ3) is 6.26. The van der Waals surface area contributed by atoms with E-state index in [0.29, 0.717) is 36.8 Å². The predicted molar refractivity (Wildman–Crippen MR) is 103 cm³/mol. The number of rotatable bonds is 10. The third-order valence-corrected chi connectivity index (χ3v) is 4.59. The van der Waals surface area contributed by atoms with Crippen LogP contribution in [0.15, 0.2) is 47.4 Å². The van der Waals surface area contributed by atoms with Gasteiger partial charge in [-0.3, -0.25) is 4.79 Å². The lowest BCUT2D eigenvalue weighted by atomic mass is 10.1. The van der Waals surface area contributed by atoms with Crippen LogP contribution in [0.5, 0.6) is 11.5 Å². The van der Waals surface area contributed by atoms with E-state index in [2.05, 4.69) is 5.32 Å². The minimum atomic E-state index is -0.303. The highest BCUT2D eigenvalue weighted by Crippen LogP contribution is 2.28. The quantitative estimate of drug-likeness (QED) is 0.634. The predicted octanol–water partition coefficient (Wildman–Crippen LogP) is 4.07. The Bertz CT molecular complexity index is 724. The fraction of sp³-hybridized carbons (Fsp3) is 0.350. The van der Waals surface area contributed by atoms with Crippen LogP contribution in [0.25, 0.3) is 0 Å². The summed E-state index contributed by atoms with van der Waals surface area (Å²) in [4.78, 5) is 12.4. The molecule has 0 saturated carbocycles. The molecule has 2 aromatic carbocycles. The van der Waals surface area contributed by atoms with Gasteiger partial charge < -0.3 is 14.8 Å². The van der Waals surface area contributed by atoms with Gasteiger partial charge in [-0.25, -0.2) is 4.39 Å². The highest BCUT2D eigenvalue weighted by Gasteiger charge is 2.08. The molecular formula is C20H24FNO3S. The summed E-state index contributed by atoms with van der Waals surface area (Å²) in [7, 11) is 0. The van der Waals surface area contributed by atoms with Gasteiger partial charge in [0.15, 0.2) is 11.5 Å². The molecule has 0 radical (unpaired) electrons. The number of carbonyl (C=O) groups is 1. The zero-order valence-electron chi connectivity index (χ0n) is 15.1. The Morgan fingerprint density at radius 2 is 1.81 bits per heavy atom. The van der Waals surface area contributed by atoms with Gasteiger partial charge in [-0.2, -0.15) is 0 Å². The summed E-state index contributed by atoms with van der Waals surface area (Å²) in [6, 6.07) is 12.2. The van der Waals surface area contributed by atoms with Crippen molar-refractivity contribution >= 4 is 17.7 Å². The Hall–Kier alpha value is -2.21. The van der Waals surface area contributed by atoms with Crippen LogP contribution >= 0.6 is 11.8 Å². The van der Waals surface area contributed by atoms with Crippen LogP contribution < -0.4 is 14.8 Å². The number of carbonyl (C=O) groups excluding carboxylic acids is 1. The lowest BCUT2D eigenvalue weighted by Gasteiger charge is -2.12. The fourth-order valence-electron chi connectivity index (χ4n) is 2.35. The molecule has 1 amide bonds. The average molecular weight is 377 g/mol. The van der Waals surface area contributed by atoms with E-state index in [0.717, 1.165) is 11.3 Å². The zero-order chi connectivity index (χ0) is 18.8. The maximum atomic E-state index is 13.5. The molecule has 140 valence electrons. The maximum Gasteiger partial charge on any atom is 0.230 e. The molecule has 1 N–H and O–H groups in total. The normalized spacial score (nSPS) is 10.4. The van der Waals surface area contributed by atoms with Crippen LogP contribution in [-0.4, -0.2) is 31.4 Å². The number of nitrogens with one attached hydrogen (secondary N) is 1. The second-order valence-corrected chi connectivity index (χ2v) is 6.48. The molecule has 0 aliphatic carbocycles. The molecule has 2 aromatic rings. The van der Waals surface area contributed by atoms with E-state index in [4.69, 9.17) is 9.47 Å². The standard InChI is InChI=1S/C20H24FNO3S/c1-3-24-17-10-9-15(13-18(17)25-4-2)11-12-22-20(23)14-26-19-8-6-5-7-16(19)21/h5-10,13H,3-4,11-12,14H2,1-2H3,(H,22,23). The van der Waals surface area contributed by atoms with E-state index in [1.54, 1.807) is 18.2 Å². The minimum absolute atomic E-state index is 0.116. The van der Waals surface area contributed by atoms with Gasteiger partial charge in [0, 0.05) is 11.4 Å². The van der Waals surface area contributed by atoms with Crippen LogP contribution in [0.2, 0.25) is 0 Å². The summed E-state index contributed by atoms with van der Waals surface area (Å²) in [6.07, 6.45) is 0.683. The molecule has 0 heterocycles. The number of benzene rings is 2. The molecule has 0 bridgehead atoms. The molecule has 26 heavy (non-hydrogen) atoms. The first-order chi connectivity index (χ1) is 12.6. The van der Waals surface area contributed by atoms with Gasteiger partial charge in [0.2, 0.25) is 5.91 Å². The third-order valence-electron chi connectivity index (χ3n) is 3.54. The summed E-state index contributed by atoms with van der Waals surface area (Å²) in [5, 5.41) is 2.86. The molecule has 0 aliphatic heterocycles. The van der Waals surface area contributed by atoms with Crippen molar-refractivity contribution in [2.45, 2.75) is 25.2 Å². The zero-order valence-corrected chi connectivity index (χ0v) is 15.9. The van der Waals surface area contributed by atoms with Crippen LogP contribution in [0, 0.1) is 5.82 Å². The van der Waals surface area contributed by atoms with Gasteiger partial charge >= 0.3 is 0 Å². The van der Waals surface area contributed by atoms with Crippen LogP contribution in [-0.2, 0) is 11.2 Å². The van der Waals surface area contributed by atoms with Gasteiger partial charge in [0.1, 0.15) is 5.82 Å². The molecule has 0 spiro atoms. The molecule has 0 atom stereocenters. The smallest absolute Gasteiger partial charge is 0.230 e. The van der Waals surface area contributed by atoms with E-state index >= 15 is 0 Å². The van der Waals surface area contributed by atoms with Crippen molar-refractivity contribution in [2.75, 3.05) is 25.5 Å². The number of hydrogen-bond acceptors (Lipinski definition) is 4. The second-order valence-electron chi connectivity index (χ2n) is 5.47. The van der Waals surface area contributed by atoms with Gasteiger partial charge in [-0.15, -0.1) is 11.8 Å². The summed E-state index contributed by atoms with van der Waals surface area (Å²) in [5.41, 5.74) is 1.05. The van der Waals surface area contributed by atoms with E-state index in [1.165, 1.54) is 17.8 Å². The first-order valence-corrected chi connectivity index (χ1v) is 9.65. The van der Waals surface area contributed by atoms with Crippen molar-refractivity contribution in [1.29, 1.82) is 0 Å². The molecular weight excluding hydrogens is 353 g/mol. The Labute approximate surface area is 158 Å². The van der Waals surface area contributed by atoms with Crippen LogP contribution in [0.3, 0.4) is 0 Å². The first-order valence-electron chi connectivity index (χ1n) is 8.66. The Kier molecular flexibility index (Phi) is 8.28. The van der Waals surface area contributed by atoms with Gasteiger partial charge in [-0.05, 0) is 50.1 Å². The molecule has 0 aliphatic rings. The molecule has 0 unspecified atom stereocenters. The minimum Gasteiger partial charge on any atom is -0.490 e. The van der Waals surface area contributed by atoms with E-state index in [9.17, 15) is 9.18 Å². The van der Waals surface area contributed by atoms with Crippen molar-refractivity contribution in [3.05, 3.63) is 53.8 Å². The summed E-state index contributed by atoms with van der Waals surface area (Å²) in [6.45, 7) is 5.51. The molecule has 0 saturated heterocycles. The SMILES string of the molecule is CCOc1ccc(CCNC(=O)CSc2ccccc2F)cc1OCC. The average Bonchev–Trinajstić information content (AvgIpc) is 2.63. The first kappa shape index (κ1) is 20.1. The Balaban J connectivity index is 1.80. The lowest BCUT2D eigenvalue weighted by molar-refractivity contribution is -0.118. The number of hydrogen-bond donors (Lipinski definition) is 1. The number of amides is 1. The number of halogens is 1. The van der Waals surface area contributed by atoms with Crippen molar-refractivity contribution in [3.8, 4) is 11.5 Å². The van der Waals surface area contributed by atoms with E-state index < -0.39 is 0 Å². The Morgan fingerprint density at radius 3 is 2.54 bits per heavy atom. The van der Waals surface area contributed by atoms with Crippen molar-refractivity contribution in [3.63, 3.8) is 0 Å². The van der Waals surface area contributed by atoms with Gasteiger partial charge in [0.25, 0.3) is 0 Å². The molecule has 0 fully saturated rings. The highest BCUT2D eigenvalue weighted by molar-refractivity contribution is 8.00. The number of ether oxygens (including phenoxy) is 2. The van der Waals surface area contributed by atoms with E-state index in [1.807, 2.05) is 32.0 Å². The Morgan fingerprint density at radius 1 is 1.08 bits per heavy atom. The van der Waals surface area contributed by atoms with Crippen LogP contribution in [0.1, 0.15) is 19.4 Å². The maximum absolute atomic E-state index is 13.5. The molecule has 4 nitrogen and oxygen atoms in total. The van der Waals surface area contributed by atoms with E-state index in [-0.39, 0.29) is 17.5 Å². The van der Waals surface area contributed by atoms with Crippen molar-refractivity contribution in [1.82, 2.24) is 5.32 Å². The monoisotopic (exact) mass is 377 g/mol. The fourth-order valence-corrected chi connectivity index (χ4v) is 3.12. The lowest BCUT2D eigenvalue weighted by Crippen LogP contribution is -2.27. The summed E-state index contributed by atoms with van der Waals surface area (Å²) < 4.78 is 24.7. The molecule has 6 heteroatoms. The summed E-state index contributed by atoms with van der Waals surface area (Å²) >= 11 is 1.19. The molecule has 0 aromatic heterocycles. The van der Waals surface area contributed by atoms with Gasteiger partial charge in [-0.1, -0.05) is 18.2 Å². The highest BCUT2D eigenvalue weighted by atomic mass is 32.2. The van der Waals surface area contributed by atoms with Crippen molar-refractivity contribution < 1.29 is 18.7 Å². The topological polar surface area (TPSA) is 47.6 Å². The van der Waals surface area contributed by atoms with Crippen LogP contribution in [0.4, 0.5) is 4.39 Å².